The Morgan fingerprint density at radius 2 is 2.43 bits per heavy atom. The first-order chi connectivity index (χ1) is 6.74. The topological polar surface area (TPSA) is 41.1 Å². The molecule has 3 nitrogen and oxygen atoms in total. The Balaban J connectivity index is 2.28. The molecule has 0 fully saturated rings. The molecule has 0 aliphatic carbocycles. The van der Waals surface area contributed by atoms with Crippen LogP contribution in [0, 0.1) is 0 Å². The van der Waals surface area contributed by atoms with Gasteiger partial charge in [-0.1, -0.05) is 13.0 Å². The molecule has 0 saturated heterocycles. The van der Waals surface area contributed by atoms with E-state index in [1.165, 1.54) is 11.3 Å². The molecule has 1 amide bonds. The predicted octanol–water partition coefficient (Wildman–Crippen LogP) is 1.48. The standard InChI is InChI=1S/C10H16N2OS/c1-3-11-8(2)7-12-10(13)9-5-4-6-14-9/h4-6,8,11H,3,7H2,1-2H3,(H,12,13)/t8-/m1/s1. The molecule has 0 aromatic carbocycles. The van der Waals surface area contributed by atoms with E-state index in [4.69, 9.17) is 0 Å². The van der Waals surface area contributed by atoms with Crippen molar-refractivity contribution >= 4 is 17.2 Å². The van der Waals surface area contributed by atoms with Crippen LogP contribution in [0.3, 0.4) is 0 Å². The van der Waals surface area contributed by atoms with Gasteiger partial charge in [0.25, 0.3) is 5.91 Å². The fraction of sp³-hybridized carbons (Fsp3) is 0.500. The zero-order valence-corrected chi connectivity index (χ0v) is 9.36. The SMILES string of the molecule is CCN[C@H](C)CNC(=O)c1cccs1. The predicted molar refractivity (Wildman–Crippen MR) is 59.8 cm³/mol. The van der Waals surface area contributed by atoms with Gasteiger partial charge in [-0.15, -0.1) is 11.3 Å². The third-order valence-corrected chi connectivity index (χ3v) is 2.73. The number of hydrogen-bond acceptors (Lipinski definition) is 3. The second kappa shape index (κ2) is 5.78. The van der Waals surface area contributed by atoms with Crippen molar-refractivity contribution in [2.75, 3.05) is 13.1 Å². The highest BCUT2D eigenvalue weighted by molar-refractivity contribution is 7.12. The van der Waals surface area contributed by atoms with Gasteiger partial charge < -0.3 is 10.6 Å². The molecule has 1 atom stereocenters. The molecule has 1 heterocycles. The van der Waals surface area contributed by atoms with Crippen molar-refractivity contribution in [2.45, 2.75) is 19.9 Å². The quantitative estimate of drug-likeness (QED) is 0.776. The molecule has 14 heavy (non-hydrogen) atoms. The summed E-state index contributed by atoms with van der Waals surface area (Å²) in [6.07, 6.45) is 0. The van der Waals surface area contributed by atoms with Crippen molar-refractivity contribution in [3.05, 3.63) is 22.4 Å². The van der Waals surface area contributed by atoms with Gasteiger partial charge in [0.2, 0.25) is 0 Å². The largest absolute Gasteiger partial charge is 0.350 e. The summed E-state index contributed by atoms with van der Waals surface area (Å²) >= 11 is 1.46. The normalized spacial score (nSPS) is 12.4. The molecule has 4 heteroatoms. The second-order valence-electron chi connectivity index (χ2n) is 3.15. The number of rotatable bonds is 5. The van der Waals surface area contributed by atoms with Crippen LogP contribution < -0.4 is 10.6 Å². The van der Waals surface area contributed by atoms with Crippen LogP contribution in [-0.4, -0.2) is 25.0 Å². The fourth-order valence-electron chi connectivity index (χ4n) is 1.16. The van der Waals surface area contributed by atoms with Gasteiger partial charge in [0, 0.05) is 12.6 Å². The molecule has 2 N–H and O–H groups in total. The summed E-state index contributed by atoms with van der Waals surface area (Å²) in [5, 5.41) is 8.02. The molecule has 0 bridgehead atoms. The van der Waals surface area contributed by atoms with Gasteiger partial charge in [-0.2, -0.15) is 0 Å². The Bertz CT molecular complexity index is 272. The van der Waals surface area contributed by atoms with Crippen LogP contribution in [0.25, 0.3) is 0 Å². The van der Waals surface area contributed by atoms with E-state index in [0.29, 0.717) is 12.6 Å². The van der Waals surface area contributed by atoms with Gasteiger partial charge in [-0.25, -0.2) is 0 Å². The number of hydrogen-bond donors (Lipinski definition) is 2. The molecule has 1 aromatic rings. The Morgan fingerprint density at radius 3 is 3.00 bits per heavy atom. The summed E-state index contributed by atoms with van der Waals surface area (Å²) in [4.78, 5) is 12.3. The molecule has 78 valence electrons. The van der Waals surface area contributed by atoms with E-state index in [1.54, 1.807) is 0 Å². The van der Waals surface area contributed by atoms with E-state index >= 15 is 0 Å². The highest BCUT2D eigenvalue weighted by Gasteiger charge is 2.07. The maximum Gasteiger partial charge on any atom is 0.261 e. The summed E-state index contributed by atoms with van der Waals surface area (Å²) in [6, 6.07) is 4.04. The van der Waals surface area contributed by atoms with Crippen molar-refractivity contribution in [2.24, 2.45) is 0 Å². The summed E-state index contributed by atoms with van der Waals surface area (Å²) in [5.41, 5.74) is 0. The van der Waals surface area contributed by atoms with E-state index in [0.717, 1.165) is 11.4 Å². The van der Waals surface area contributed by atoms with Gasteiger partial charge in [0.1, 0.15) is 0 Å². The highest BCUT2D eigenvalue weighted by atomic mass is 32.1. The maximum absolute atomic E-state index is 11.5. The van der Waals surface area contributed by atoms with Crippen LogP contribution in [0.15, 0.2) is 17.5 Å². The average molecular weight is 212 g/mol. The lowest BCUT2D eigenvalue weighted by molar-refractivity contribution is 0.0954. The molecular weight excluding hydrogens is 196 g/mol. The van der Waals surface area contributed by atoms with Crippen LogP contribution >= 0.6 is 11.3 Å². The zero-order valence-electron chi connectivity index (χ0n) is 8.54. The van der Waals surface area contributed by atoms with E-state index in [9.17, 15) is 4.79 Å². The molecule has 0 aliphatic heterocycles. The number of amides is 1. The second-order valence-corrected chi connectivity index (χ2v) is 4.09. The van der Waals surface area contributed by atoms with Gasteiger partial charge in [0.05, 0.1) is 4.88 Å². The van der Waals surface area contributed by atoms with Crippen molar-refractivity contribution in [3.8, 4) is 0 Å². The first-order valence-electron chi connectivity index (χ1n) is 4.79. The summed E-state index contributed by atoms with van der Waals surface area (Å²) in [7, 11) is 0. The molecule has 0 aliphatic rings. The molecule has 0 spiro atoms. The van der Waals surface area contributed by atoms with E-state index in [-0.39, 0.29) is 5.91 Å². The third-order valence-electron chi connectivity index (χ3n) is 1.87. The lowest BCUT2D eigenvalue weighted by Crippen LogP contribution is -2.38. The molecule has 1 aromatic heterocycles. The van der Waals surface area contributed by atoms with Gasteiger partial charge in [-0.05, 0) is 24.9 Å². The molecular formula is C10H16N2OS. The number of likely N-dealkylation sites (N-methyl/N-ethyl adjacent to an activating group) is 1. The van der Waals surface area contributed by atoms with Crippen LogP contribution in [0.1, 0.15) is 23.5 Å². The number of nitrogens with one attached hydrogen (secondary N) is 2. The molecule has 0 radical (unpaired) electrons. The number of thiophene rings is 1. The van der Waals surface area contributed by atoms with Crippen molar-refractivity contribution in [1.29, 1.82) is 0 Å². The first kappa shape index (κ1) is 11.2. The summed E-state index contributed by atoms with van der Waals surface area (Å²) in [6.45, 7) is 5.70. The molecule has 0 unspecified atom stereocenters. The zero-order chi connectivity index (χ0) is 10.4. The summed E-state index contributed by atoms with van der Waals surface area (Å²) < 4.78 is 0. The Morgan fingerprint density at radius 1 is 1.64 bits per heavy atom. The van der Waals surface area contributed by atoms with Crippen molar-refractivity contribution < 1.29 is 4.79 Å². The fourth-order valence-corrected chi connectivity index (χ4v) is 1.80. The minimum Gasteiger partial charge on any atom is -0.350 e. The Kier molecular flexibility index (Phi) is 4.62. The minimum atomic E-state index is 0.0183. The van der Waals surface area contributed by atoms with Gasteiger partial charge in [-0.3, -0.25) is 4.79 Å². The smallest absolute Gasteiger partial charge is 0.261 e. The Hall–Kier alpha value is -0.870. The maximum atomic E-state index is 11.5. The lowest BCUT2D eigenvalue weighted by atomic mass is 10.3. The average Bonchev–Trinajstić information content (AvgIpc) is 2.67. The van der Waals surface area contributed by atoms with Crippen molar-refractivity contribution in [1.82, 2.24) is 10.6 Å². The monoisotopic (exact) mass is 212 g/mol. The molecule has 0 saturated carbocycles. The number of carbonyl (C=O) groups is 1. The van der Waals surface area contributed by atoms with Crippen LogP contribution in [0.2, 0.25) is 0 Å². The molecule has 1 rings (SSSR count). The van der Waals surface area contributed by atoms with Crippen LogP contribution in [0.5, 0.6) is 0 Å². The third kappa shape index (κ3) is 3.47. The van der Waals surface area contributed by atoms with E-state index in [1.807, 2.05) is 17.5 Å². The van der Waals surface area contributed by atoms with Crippen LogP contribution in [-0.2, 0) is 0 Å². The highest BCUT2D eigenvalue weighted by Crippen LogP contribution is 2.07. The van der Waals surface area contributed by atoms with Crippen LogP contribution in [0.4, 0.5) is 0 Å². The lowest BCUT2D eigenvalue weighted by Gasteiger charge is -2.12. The van der Waals surface area contributed by atoms with E-state index in [2.05, 4.69) is 24.5 Å². The van der Waals surface area contributed by atoms with Crippen molar-refractivity contribution in [3.63, 3.8) is 0 Å². The number of carbonyl (C=O) groups excluding carboxylic acids is 1. The first-order valence-corrected chi connectivity index (χ1v) is 5.67. The van der Waals surface area contributed by atoms with E-state index < -0.39 is 0 Å². The minimum absolute atomic E-state index is 0.0183. The summed E-state index contributed by atoms with van der Waals surface area (Å²) in [5.74, 6) is 0.0183. The Labute approximate surface area is 88.5 Å². The van der Waals surface area contributed by atoms with Gasteiger partial charge >= 0.3 is 0 Å². The van der Waals surface area contributed by atoms with Gasteiger partial charge in [0.15, 0.2) is 0 Å².